The van der Waals surface area contributed by atoms with Crippen LogP contribution in [0.25, 0.3) is 0 Å². The first kappa shape index (κ1) is 13.6. The highest BCUT2D eigenvalue weighted by atomic mass is 35.5. The predicted octanol–water partition coefficient (Wildman–Crippen LogP) is 2.40. The van der Waals surface area contributed by atoms with E-state index in [-0.39, 0.29) is 30.4 Å². The van der Waals surface area contributed by atoms with Gasteiger partial charge in [-0.25, -0.2) is 4.39 Å². The number of benzene rings is 1. The molecular weight excluding hydrogens is 257 g/mol. The first-order valence-electron chi connectivity index (χ1n) is 6.00. The van der Waals surface area contributed by atoms with E-state index in [0.29, 0.717) is 13.2 Å². The molecule has 2 atom stereocenters. The van der Waals surface area contributed by atoms with Crippen LogP contribution >= 0.6 is 12.4 Å². The van der Waals surface area contributed by atoms with Gasteiger partial charge in [0.25, 0.3) is 0 Å². The third kappa shape index (κ3) is 2.32. The summed E-state index contributed by atoms with van der Waals surface area (Å²) in [6.45, 7) is 2.27. The van der Waals surface area contributed by atoms with Crippen molar-refractivity contribution < 1.29 is 13.9 Å². The second kappa shape index (κ2) is 5.43. The van der Waals surface area contributed by atoms with Crippen molar-refractivity contribution in [2.45, 2.75) is 18.6 Å². The van der Waals surface area contributed by atoms with Crippen molar-refractivity contribution in [1.29, 1.82) is 0 Å². The molecule has 0 radical (unpaired) electrons. The Morgan fingerprint density at radius 3 is 3.00 bits per heavy atom. The minimum Gasteiger partial charge on any atom is -0.493 e. The SMILES string of the molecule is CN1CCO[C@@H]2c3cc(F)ccc3OCC[C@H]21.Cl. The molecule has 2 heterocycles. The maximum Gasteiger partial charge on any atom is 0.125 e. The van der Waals surface area contributed by atoms with E-state index in [1.807, 2.05) is 0 Å². The van der Waals surface area contributed by atoms with Crippen molar-refractivity contribution >= 4 is 12.4 Å². The molecule has 3 nitrogen and oxygen atoms in total. The van der Waals surface area contributed by atoms with Gasteiger partial charge in [0.1, 0.15) is 17.7 Å². The Labute approximate surface area is 112 Å². The average Bonchev–Trinajstić information content (AvgIpc) is 2.50. The summed E-state index contributed by atoms with van der Waals surface area (Å²) < 4.78 is 24.9. The smallest absolute Gasteiger partial charge is 0.125 e. The molecule has 2 aliphatic heterocycles. The van der Waals surface area contributed by atoms with Crippen LogP contribution in [0.5, 0.6) is 5.75 Å². The third-order valence-electron chi connectivity index (χ3n) is 3.61. The molecule has 0 spiro atoms. The van der Waals surface area contributed by atoms with E-state index in [1.165, 1.54) is 12.1 Å². The fourth-order valence-corrected chi connectivity index (χ4v) is 2.66. The Balaban J connectivity index is 0.00000120. The molecule has 0 N–H and O–H groups in total. The van der Waals surface area contributed by atoms with Crippen molar-refractivity contribution in [3.63, 3.8) is 0 Å². The molecule has 0 saturated carbocycles. The van der Waals surface area contributed by atoms with E-state index in [0.717, 1.165) is 24.3 Å². The summed E-state index contributed by atoms with van der Waals surface area (Å²) in [5, 5.41) is 0. The van der Waals surface area contributed by atoms with Crippen molar-refractivity contribution in [1.82, 2.24) is 4.90 Å². The Morgan fingerprint density at radius 1 is 1.33 bits per heavy atom. The van der Waals surface area contributed by atoms with Gasteiger partial charge >= 0.3 is 0 Å². The standard InChI is InChI=1S/C13H16FNO2.ClH/c1-15-5-7-17-13-10-8-9(14)2-3-12(10)16-6-4-11(13)15;/h2-3,8,11,13H,4-7H2,1H3;1H/t11-,13-;/m1./s1. The highest BCUT2D eigenvalue weighted by molar-refractivity contribution is 5.85. The van der Waals surface area contributed by atoms with Crippen molar-refractivity contribution in [2.75, 3.05) is 26.8 Å². The summed E-state index contributed by atoms with van der Waals surface area (Å²) in [4.78, 5) is 2.28. The number of morpholine rings is 1. The van der Waals surface area contributed by atoms with Gasteiger partial charge in [-0.3, -0.25) is 4.90 Å². The number of ether oxygens (including phenoxy) is 2. The van der Waals surface area contributed by atoms with E-state index >= 15 is 0 Å². The lowest BCUT2D eigenvalue weighted by atomic mass is 9.97. The molecule has 3 rings (SSSR count). The predicted molar refractivity (Wildman–Crippen MR) is 68.9 cm³/mol. The molecule has 1 fully saturated rings. The molecule has 0 bridgehead atoms. The Kier molecular flexibility index (Phi) is 4.10. The first-order valence-corrected chi connectivity index (χ1v) is 6.00. The lowest BCUT2D eigenvalue weighted by molar-refractivity contribution is -0.0645. The zero-order valence-corrected chi connectivity index (χ0v) is 11.1. The molecule has 100 valence electrons. The maximum atomic E-state index is 13.4. The number of hydrogen-bond acceptors (Lipinski definition) is 3. The summed E-state index contributed by atoms with van der Waals surface area (Å²) in [6, 6.07) is 4.96. The van der Waals surface area contributed by atoms with Crippen LogP contribution in [0.15, 0.2) is 18.2 Å². The molecule has 0 unspecified atom stereocenters. The highest BCUT2D eigenvalue weighted by Gasteiger charge is 2.35. The molecule has 2 aliphatic rings. The van der Waals surface area contributed by atoms with E-state index < -0.39 is 0 Å². The Morgan fingerprint density at radius 2 is 2.17 bits per heavy atom. The van der Waals surface area contributed by atoms with Gasteiger partial charge in [-0.15, -0.1) is 12.4 Å². The number of rotatable bonds is 0. The van der Waals surface area contributed by atoms with Crippen LogP contribution in [0.2, 0.25) is 0 Å². The summed E-state index contributed by atoms with van der Waals surface area (Å²) in [7, 11) is 2.09. The summed E-state index contributed by atoms with van der Waals surface area (Å²) in [5.74, 6) is 0.527. The third-order valence-corrected chi connectivity index (χ3v) is 3.61. The lowest BCUT2D eigenvalue weighted by Crippen LogP contribution is -2.44. The van der Waals surface area contributed by atoms with Crippen LogP contribution in [0, 0.1) is 5.82 Å². The molecular formula is C13H17ClFNO2. The van der Waals surface area contributed by atoms with Gasteiger partial charge in [-0.1, -0.05) is 0 Å². The minimum absolute atomic E-state index is 0. The Hall–Kier alpha value is -0.840. The Bertz CT molecular complexity index is 429. The molecule has 5 heteroatoms. The van der Waals surface area contributed by atoms with Crippen LogP contribution in [0.4, 0.5) is 4.39 Å². The minimum atomic E-state index is -0.232. The maximum absolute atomic E-state index is 13.4. The van der Waals surface area contributed by atoms with Crippen LogP contribution in [-0.4, -0.2) is 37.7 Å². The number of halogens is 2. The fraction of sp³-hybridized carbons (Fsp3) is 0.538. The van der Waals surface area contributed by atoms with Crippen LogP contribution in [-0.2, 0) is 4.74 Å². The fourth-order valence-electron chi connectivity index (χ4n) is 2.66. The summed E-state index contributed by atoms with van der Waals surface area (Å²) in [5.41, 5.74) is 0.846. The van der Waals surface area contributed by atoms with Gasteiger partial charge in [0.15, 0.2) is 0 Å². The number of hydrogen-bond donors (Lipinski definition) is 0. The van der Waals surface area contributed by atoms with E-state index in [4.69, 9.17) is 9.47 Å². The van der Waals surface area contributed by atoms with Crippen molar-refractivity contribution in [3.8, 4) is 5.75 Å². The largest absolute Gasteiger partial charge is 0.493 e. The van der Waals surface area contributed by atoms with Crippen LogP contribution in [0.3, 0.4) is 0 Å². The van der Waals surface area contributed by atoms with Gasteiger partial charge in [0.05, 0.1) is 13.2 Å². The van der Waals surface area contributed by atoms with Gasteiger partial charge in [0, 0.05) is 18.2 Å². The van der Waals surface area contributed by atoms with Gasteiger partial charge < -0.3 is 9.47 Å². The van der Waals surface area contributed by atoms with Crippen molar-refractivity contribution in [3.05, 3.63) is 29.6 Å². The monoisotopic (exact) mass is 273 g/mol. The second-order valence-electron chi connectivity index (χ2n) is 4.66. The molecule has 1 saturated heterocycles. The zero-order chi connectivity index (χ0) is 11.8. The molecule has 0 aliphatic carbocycles. The average molecular weight is 274 g/mol. The van der Waals surface area contributed by atoms with Crippen LogP contribution in [0.1, 0.15) is 18.1 Å². The first-order chi connectivity index (χ1) is 8.25. The topological polar surface area (TPSA) is 21.7 Å². The quantitative estimate of drug-likeness (QED) is 0.725. The molecule has 18 heavy (non-hydrogen) atoms. The molecule has 1 aromatic rings. The molecule has 0 amide bonds. The van der Waals surface area contributed by atoms with Gasteiger partial charge in [0.2, 0.25) is 0 Å². The van der Waals surface area contributed by atoms with E-state index in [1.54, 1.807) is 6.07 Å². The number of likely N-dealkylation sites (N-methyl/N-ethyl adjacent to an activating group) is 1. The second-order valence-corrected chi connectivity index (χ2v) is 4.66. The van der Waals surface area contributed by atoms with Gasteiger partial charge in [-0.05, 0) is 31.7 Å². The highest BCUT2D eigenvalue weighted by Crippen LogP contribution is 2.38. The number of nitrogens with zero attached hydrogens (tertiary/aromatic N) is 1. The summed E-state index contributed by atoms with van der Waals surface area (Å²) >= 11 is 0. The lowest BCUT2D eigenvalue weighted by Gasteiger charge is -2.38. The van der Waals surface area contributed by atoms with E-state index in [2.05, 4.69) is 11.9 Å². The zero-order valence-electron chi connectivity index (χ0n) is 10.3. The summed E-state index contributed by atoms with van der Waals surface area (Å²) in [6.07, 6.45) is 0.847. The van der Waals surface area contributed by atoms with E-state index in [9.17, 15) is 4.39 Å². The molecule has 1 aromatic carbocycles. The van der Waals surface area contributed by atoms with Crippen molar-refractivity contribution in [2.24, 2.45) is 0 Å². The normalized spacial score (nSPS) is 27.2. The van der Waals surface area contributed by atoms with Crippen LogP contribution < -0.4 is 4.74 Å². The number of fused-ring (bicyclic) bond motifs is 3. The molecule has 0 aromatic heterocycles. The van der Waals surface area contributed by atoms with Gasteiger partial charge in [-0.2, -0.15) is 0 Å².